The predicted octanol–water partition coefficient (Wildman–Crippen LogP) is 1.34. The number of nitrogens with one attached hydrogen (secondary N) is 1. The molecule has 0 aromatic carbocycles. The zero-order valence-corrected chi connectivity index (χ0v) is 10.1. The molecule has 96 valence electrons. The monoisotopic (exact) mass is 247 g/mol. The fourth-order valence-corrected chi connectivity index (χ4v) is 3.55. The summed E-state index contributed by atoms with van der Waals surface area (Å²) >= 11 is 0. The number of hydrogen-bond acceptors (Lipinski definition) is 2. The molecule has 0 radical (unpaired) electrons. The molecule has 3 aliphatic carbocycles. The first-order valence-electron chi connectivity index (χ1n) is 6.53. The van der Waals surface area contributed by atoms with Crippen LogP contribution in [0.5, 0.6) is 0 Å². The Morgan fingerprint density at radius 3 is 2.28 bits per heavy atom. The molecule has 4 heteroatoms. The van der Waals surface area contributed by atoms with Crippen LogP contribution in [-0.2, 0) is 9.59 Å². The van der Waals surface area contributed by atoms with Gasteiger partial charge in [0, 0.05) is 6.04 Å². The summed E-state index contributed by atoms with van der Waals surface area (Å²) in [4.78, 5) is 23.6. The van der Waals surface area contributed by atoms with Crippen LogP contribution < -0.4 is 5.32 Å². The van der Waals surface area contributed by atoms with Gasteiger partial charge >= 0.3 is 5.97 Å². The first kappa shape index (κ1) is 11.5. The van der Waals surface area contributed by atoms with Crippen molar-refractivity contribution in [3.05, 3.63) is 24.3 Å². The first-order valence-corrected chi connectivity index (χ1v) is 6.53. The maximum atomic E-state index is 12.3. The van der Waals surface area contributed by atoms with Crippen LogP contribution in [0.1, 0.15) is 19.3 Å². The van der Waals surface area contributed by atoms with E-state index in [0.29, 0.717) is 0 Å². The average molecular weight is 247 g/mol. The lowest BCUT2D eigenvalue weighted by molar-refractivity contribution is -0.148. The minimum atomic E-state index is -0.837. The molecule has 0 aliphatic heterocycles. The minimum absolute atomic E-state index is 0.0463. The molecule has 4 atom stereocenters. The molecule has 3 aliphatic rings. The number of hydrogen-bond donors (Lipinski definition) is 2. The molecule has 0 saturated heterocycles. The van der Waals surface area contributed by atoms with Crippen LogP contribution in [0.3, 0.4) is 0 Å². The van der Waals surface area contributed by atoms with Gasteiger partial charge in [0.15, 0.2) is 0 Å². The zero-order valence-electron chi connectivity index (χ0n) is 10.1. The number of carbonyl (C=O) groups excluding carboxylic acids is 1. The molecule has 4 nitrogen and oxygen atoms in total. The lowest BCUT2D eigenvalue weighted by Gasteiger charge is -2.25. The lowest BCUT2D eigenvalue weighted by Crippen LogP contribution is -2.43. The van der Waals surface area contributed by atoms with E-state index in [1.54, 1.807) is 0 Å². The largest absolute Gasteiger partial charge is 0.481 e. The van der Waals surface area contributed by atoms with E-state index in [9.17, 15) is 14.7 Å². The van der Waals surface area contributed by atoms with Crippen molar-refractivity contribution in [2.24, 2.45) is 23.7 Å². The SMILES string of the molecule is O=C(O)C1C2C=CC(C2)C1C(=O)NC1CC=CC1. The molecule has 3 rings (SSSR count). The molecule has 0 heterocycles. The maximum Gasteiger partial charge on any atom is 0.307 e. The highest BCUT2D eigenvalue weighted by atomic mass is 16.4. The fourth-order valence-electron chi connectivity index (χ4n) is 3.55. The summed E-state index contributed by atoms with van der Waals surface area (Å²) in [6, 6.07) is 0.162. The van der Waals surface area contributed by atoms with Gasteiger partial charge in [-0.2, -0.15) is 0 Å². The molecule has 2 N–H and O–H groups in total. The summed E-state index contributed by atoms with van der Waals surface area (Å²) in [7, 11) is 0. The third-order valence-corrected chi connectivity index (χ3v) is 4.40. The van der Waals surface area contributed by atoms with Gasteiger partial charge in [0.1, 0.15) is 0 Å². The van der Waals surface area contributed by atoms with Crippen molar-refractivity contribution in [1.82, 2.24) is 5.32 Å². The molecular formula is C14H17NO3. The molecule has 18 heavy (non-hydrogen) atoms. The van der Waals surface area contributed by atoms with Gasteiger partial charge < -0.3 is 10.4 Å². The lowest BCUT2D eigenvalue weighted by atomic mass is 9.82. The van der Waals surface area contributed by atoms with Crippen molar-refractivity contribution < 1.29 is 14.7 Å². The van der Waals surface area contributed by atoms with Crippen molar-refractivity contribution in [1.29, 1.82) is 0 Å². The number of allylic oxidation sites excluding steroid dienone is 2. The van der Waals surface area contributed by atoms with Crippen molar-refractivity contribution in [3.63, 3.8) is 0 Å². The van der Waals surface area contributed by atoms with Crippen LogP contribution in [0.15, 0.2) is 24.3 Å². The third-order valence-electron chi connectivity index (χ3n) is 4.40. The Morgan fingerprint density at radius 1 is 1.06 bits per heavy atom. The van der Waals surface area contributed by atoms with Gasteiger partial charge in [-0.05, 0) is 31.1 Å². The normalized spacial score (nSPS) is 37.3. The van der Waals surface area contributed by atoms with Crippen LogP contribution in [0, 0.1) is 23.7 Å². The van der Waals surface area contributed by atoms with Crippen molar-refractivity contribution >= 4 is 11.9 Å². The van der Waals surface area contributed by atoms with Gasteiger partial charge in [-0.1, -0.05) is 24.3 Å². The van der Waals surface area contributed by atoms with E-state index in [1.807, 2.05) is 12.2 Å². The Bertz CT molecular complexity index is 432. The summed E-state index contributed by atoms with van der Waals surface area (Å²) in [5.41, 5.74) is 0. The quantitative estimate of drug-likeness (QED) is 0.740. The van der Waals surface area contributed by atoms with Crippen LogP contribution >= 0.6 is 0 Å². The Balaban J connectivity index is 1.72. The molecule has 1 saturated carbocycles. The van der Waals surface area contributed by atoms with Crippen molar-refractivity contribution in [2.45, 2.75) is 25.3 Å². The van der Waals surface area contributed by atoms with Crippen LogP contribution in [-0.4, -0.2) is 23.0 Å². The van der Waals surface area contributed by atoms with Crippen LogP contribution in [0.25, 0.3) is 0 Å². The highest BCUT2D eigenvalue weighted by molar-refractivity contribution is 5.87. The summed E-state index contributed by atoms with van der Waals surface area (Å²) in [5.74, 6) is -1.66. The number of fused-ring (bicyclic) bond motifs is 2. The van der Waals surface area contributed by atoms with E-state index in [4.69, 9.17) is 0 Å². The van der Waals surface area contributed by atoms with Crippen LogP contribution in [0.4, 0.5) is 0 Å². The molecule has 2 bridgehead atoms. The van der Waals surface area contributed by atoms with Gasteiger partial charge in [0.05, 0.1) is 11.8 Å². The van der Waals surface area contributed by atoms with E-state index >= 15 is 0 Å². The summed E-state index contributed by atoms with van der Waals surface area (Å²) in [5, 5.41) is 12.3. The predicted molar refractivity (Wildman–Crippen MR) is 65.7 cm³/mol. The molecule has 4 unspecified atom stereocenters. The topological polar surface area (TPSA) is 66.4 Å². The van der Waals surface area contributed by atoms with E-state index in [-0.39, 0.29) is 29.7 Å². The Morgan fingerprint density at radius 2 is 1.67 bits per heavy atom. The van der Waals surface area contributed by atoms with Gasteiger partial charge in [-0.3, -0.25) is 9.59 Å². The molecule has 1 amide bonds. The molecule has 1 fully saturated rings. The van der Waals surface area contributed by atoms with Gasteiger partial charge in [0.2, 0.25) is 5.91 Å². The number of carbonyl (C=O) groups is 2. The zero-order chi connectivity index (χ0) is 12.7. The molecule has 0 spiro atoms. The minimum Gasteiger partial charge on any atom is -0.481 e. The van der Waals surface area contributed by atoms with E-state index < -0.39 is 11.9 Å². The second-order valence-corrected chi connectivity index (χ2v) is 5.49. The standard InChI is InChI=1S/C14H17NO3/c16-13(15-10-3-1-2-4-10)11-8-5-6-9(7-8)12(11)14(17)18/h1-2,5-6,8-12H,3-4,7H2,(H,15,16)(H,17,18). The average Bonchev–Trinajstić information content (AvgIpc) is 3.03. The second-order valence-electron chi connectivity index (χ2n) is 5.49. The van der Waals surface area contributed by atoms with Crippen molar-refractivity contribution in [2.75, 3.05) is 0 Å². The van der Waals surface area contributed by atoms with Crippen LogP contribution in [0.2, 0.25) is 0 Å². The van der Waals surface area contributed by atoms with Gasteiger partial charge in [-0.25, -0.2) is 0 Å². The molecule has 0 aromatic heterocycles. The number of carboxylic acids is 1. The highest BCUT2D eigenvalue weighted by Crippen LogP contribution is 2.48. The Hall–Kier alpha value is -1.58. The Labute approximate surface area is 106 Å². The number of aliphatic carboxylic acids is 1. The van der Waals surface area contributed by atoms with Crippen molar-refractivity contribution in [3.8, 4) is 0 Å². The number of amides is 1. The Kier molecular flexibility index (Phi) is 2.73. The summed E-state index contributed by atoms with van der Waals surface area (Å²) < 4.78 is 0. The maximum absolute atomic E-state index is 12.3. The smallest absolute Gasteiger partial charge is 0.307 e. The van der Waals surface area contributed by atoms with Gasteiger partial charge in [-0.15, -0.1) is 0 Å². The fraction of sp³-hybridized carbons (Fsp3) is 0.571. The summed E-state index contributed by atoms with van der Waals surface area (Å²) in [6.07, 6.45) is 10.6. The molecule has 0 aromatic rings. The second kappa shape index (κ2) is 4.26. The van der Waals surface area contributed by atoms with E-state index in [1.165, 1.54) is 0 Å². The third kappa shape index (κ3) is 1.76. The van der Waals surface area contributed by atoms with E-state index in [2.05, 4.69) is 17.5 Å². The number of carboxylic acid groups (broad SMARTS) is 1. The molecular weight excluding hydrogens is 230 g/mol. The number of rotatable bonds is 3. The van der Waals surface area contributed by atoms with E-state index in [0.717, 1.165) is 19.3 Å². The highest BCUT2D eigenvalue weighted by Gasteiger charge is 2.51. The first-order chi connectivity index (χ1) is 8.66. The summed E-state index contributed by atoms with van der Waals surface area (Å²) in [6.45, 7) is 0. The van der Waals surface area contributed by atoms with Gasteiger partial charge in [0.25, 0.3) is 0 Å².